The van der Waals surface area contributed by atoms with Crippen LogP contribution in [0.5, 0.6) is 0 Å². The minimum absolute atomic E-state index is 0.00440. The van der Waals surface area contributed by atoms with Crippen LogP contribution < -0.4 is 5.32 Å². The average Bonchev–Trinajstić information content (AvgIpc) is 3.23. The molecule has 2 atom stereocenters. The molecule has 0 spiro atoms. The molecule has 1 amide bonds. The van der Waals surface area contributed by atoms with E-state index in [9.17, 15) is 14.4 Å². The maximum Gasteiger partial charge on any atom is 0.407 e. The van der Waals surface area contributed by atoms with E-state index < -0.39 is 29.2 Å². The lowest BCUT2D eigenvalue weighted by atomic mass is 9.33. The van der Waals surface area contributed by atoms with E-state index in [0.29, 0.717) is 19.3 Å². The minimum atomic E-state index is -1.02. The van der Waals surface area contributed by atoms with Crippen molar-refractivity contribution in [3.63, 3.8) is 0 Å². The van der Waals surface area contributed by atoms with Crippen molar-refractivity contribution < 1.29 is 28.6 Å². The molecule has 43 heavy (non-hydrogen) atoms. The Morgan fingerprint density at radius 1 is 0.860 bits per heavy atom. The van der Waals surface area contributed by atoms with Gasteiger partial charge >= 0.3 is 18.0 Å². The van der Waals surface area contributed by atoms with E-state index in [-0.39, 0.29) is 36.4 Å². The lowest BCUT2D eigenvalue weighted by Crippen LogP contribution is -2.72. The lowest BCUT2D eigenvalue weighted by molar-refractivity contribution is -0.240. The summed E-state index contributed by atoms with van der Waals surface area (Å²) in [6, 6.07) is 25.8. The molecule has 0 heterocycles. The van der Waals surface area contributed by atoms with E-state index in [2.05, 4.69) is 29.6 Å². The van der Waals surface area contributed by atoms with Crippen LogP contribution in [-0.2, 0) is 30.2 Å². The number of carbonyl (C=O) groups excluding carboxylic acids is 3. The first-order chi connectivity index (χ1) is 20.5. The van der Waals surface area contributed by atoms with E-state index in [1.54, 1.807) is 20.8 Å². The largest absolute Gasteiger partial charge is 0.457 e. The highest BCUT2D eigenvalue weighted by Crippen LogP contribution is 2.75. The number of rotatable bonds is 9. The van der Waals surface area contributed by atoms with E-state index in [1.165, 1.54) is 22.3 Å². The van der Waals surface area contributed by atoms with Crippen molar-refractivity contribution in [3.05, 3.63) is 95.6 Å². The first kappa shape index (κ1) is 29.0. The van der Waals surface area contributed by atoms with Crippen LogP contribution in [0.1, 0.15) is 69.6 Å². The van der Waals surface area contributed by atoms with Crippen molar-refractivity contribution in [2.24, 2.45) is 10.8 Å². The SMILES string of the molecule is CC(NC(=O)OCC1c2ccccc2-c2ccccc21)C12CC(C(=O)O[C@@H](Cc3ccccc3)C(=O)OC(C)(C)C)(C1)C2. The van der Waals surface area contributed by atoms with Crippen LogP contribution in [0.25, 0.3) is 11.1 Å². The Labute approximate surface area is 252 Å². The van der Waals surface area contributed by atoms with Crippen LogP contribution in [0.3, 0.4) is 0 Å². The standard InChI is InChI=1S/C36H39NO6/c1-23(37-33(40)41-19-29-27-16-10-8-14-25(27)26-15-9-11-17-28(26)29)35-20-36(21-35,22-35)32(39)42-30(31(38)43-34(2,3)4)18-24-12-6-5-7-13-24/h5-17,23,29-30H,18-22H2,1-4H3,(H,37,40)/t23?,30-,35?,36?/m0/s1. The fourth-order valence-electron chi connectivity index (χ4n) is 7.14. The fourth-order valence-corrected chi connectivity index (χ4v) is 7.14. The maximum atomic E-state index is 13.4. The molecule has 0 radical (unpaired) electrons. The molecule has 4 aliphatic carbocycles. The molecule has 1 N–H and O–H groups in total. The maximum absolute atomic E-state index is 13.4. The summed E-state index contributed by atoms with van der Waals surface area (Å²) in [7, 11) is 0. The highest BCUT2D eigenvalue weighted by Gasteiger charge is 2.74. The van der Waals surface area contributed by atoms with Gasteiger partial charge in [-0.25, -0.2) is 9.59 Å². The second-order valence-corrected chi connectivity index (χ2v) is 13.5. The highest BCUT2D eigenvalue weighted by atomic mass is 16.6. The van der Waals surface area contributed by atoms with Gasteiger partial charge < -0.3 is 19.5 Å². The van der Waals surface area contributed by atoms with Gasteiger partial charge in [-0.3, -0.25) is 4.79 Å². The Morgan fingerprint density at radius 3 is 2.00 bits per heavy atom. The monoisotopic (exact) mass is 581 g/mol. The number of hydrogen-bond donors (Lipinski definition) is 1. The summed E-state index contributed by atoms with van der Waals surface area (Å²) < 4.78 is 17.2. The number of nitrogens with one attached hydrogen (secondary N) is 1. The highest BCUT2D eigenvalue weighted by molar-refractivity contribution is 5.85. The fraction of sp³-hybridized carbons (Fsp3) is 0.417. The van der Waals surface area contributed by atoms with Gasteiger partial charge in [-0.2, -0.15) is 0 Å². The summed E-state index contributed by atoms with van der Waals surface area (Å²) in [5.41, 5.74) is 4.11. The molecule has 3 aromatic carbocycles. The summed E-state index contributed by atoms with van der Waals surface area (Å²) in [5, 5.41) is 3.02. The number of amides is 1. The zero-order valence-corrected chi connectivity index (χ0v) is 25.2. The number of hydrogen-bond acceptors (Lipinski definition) is 6. The normalized spacial score (nSPS) is 23.0. The Morgan fingerprint density at radius 2 is 1.42 bits per heavy atom. The third-order valence-electron chi connectivity index (χ3n) is 9.28. The zero-order valence-electron chi connectivity index (χ0n) is 25.2. The lowest BCUT2D eigenvalue weighted by Gasteiger charge is -2.70. The van der Waals surface area contributed by atoms with Crippen molar-refractivity contribution in [3.8, 4) is 11.1 Å². The summed E-state index contributed by atoms with van der Waals surface area (Å²) in [6.45, 7) is 7.60. The molecule has 4 aliphatic rings. The van der Waals surface area contributed by atoms with Gasteiger partial charge in [0.2, 0.25) is 6.10 Å². The number of alkyl carbamates (subject to hydrolysis) is 1. The van der Waals surface area contributed by atoms with Crippen molar-refractivity contribution in [1.29, 1.82) is 0 Å². The molecule has 2 bridgehead atoms. The molecule has 3 fully saturated rings. The van der Waals surface area contributed by atoms with Gasteiger partial charge in [0.25, 0.3) is 0 Å². The summed E-state index contributed by atoms with van der Waals surface area (Å²) >= 11 is 0. The van der Waals surface area contributed by atoms with Crippen molar-refractivity contribution in [1.82, 2.24) is 5.32 Å². The molecular weight excluding hydrogens is 542 g/mol. The van der Waals surface area contributed by atoms with Crippen molar-refractivity contribution >= 4 is 18.0 Å². The third-order valence-corrected chi connectivity index (χ3v) is 9.28. The zero-order chi connectivity index (χ0) is 30.4. The quantitative estimate of drug-likeness (QED) is 0.227. The van der Waals surface area contributed by atoms with Crippen molar-refractivity contribution in [2.45, 2.75) is 77.0 Å². The predicted octanol–water partition coefficient (Wildman–Crippen LogP) is 6.58. The van der Waals surface area contributed by atoms with E-state index >= 15 is 0 Å². The number of ether oxygens (including phenoxy) is 3. The van der Waals surface area contributed by atoms with Gasteiger partial charge in [0, 0.05) is 18.4 Å². The summed E-state index contributed by atoms with van der Waals surface area (Å²) in [6.07, 6.45) is 0.601. The molecule has 0 saturated heterocycles. The molecule has 0 aromatic heterocycles. The number of fused-ring (bicyclic) bond motifs is 3. The van der Waals surface area contributed by atoms with Crippen LogP contribution in [0, 0.1) is 10.8 Å². The molecule has 3 aromatic rings. The van der Waals surface area contributed by atoms with Gasteiger partial charge in [0.1, 0.15) is 12.2 Å². The van der Waals surface area contributed by atoms with Crippen LogP contribution in [0.15, 0.2) is 78.9 Å². The summed E-state index contributed by atoms with van der Waals surface area (Å²) in [4.78, 5) is 39.2. The summed E-state index contributed by atoms with van der Waals surface area (Å²) in [5.74, 6) is -0.916. The molecule has 224 valence electrons. The molecule has 0 aliphatic heterocycles. The van der Waals surface area contributed by atoms with Crippen LogP contribution in [-0.4, -0.2) is 42.4 Å². The Balaban J connectivity index is 1.03. The number of esters is 2. The van der Waals surface area contributed by atoms with Gasteiger partial charge in [0.15, 0.2) is 0 Å². The number of benzene rings is 3. The second kappa shape index (κ2) is 10.9. The Bertz CT molecular complexity index is 1480. The second-order valence-electron chi connectivity index (χ2n) is 13.5. The topological polar surface area (TPSA) is 90.9 Å². The van der Waals surface area contributed by atoms with Crippen molar-refractivity contribution in [2.75, 3.05) is 6.61 Å². The van der Waals surface area contributed by atoms with Crippen LogP contribution in [0.4, 0.5) is 4.79 Å². The molecular formula is C36H39NO6. The van der Waals surface area contributed by atoms with Gasteiger partial charge in [-0.05, 0) is 80.2 Å². The first-order valence-corrected chi connectivity index (χ1v) is 15.1. The van der Waals surface area contributed by atoms with Crippen LogP contribution >= 0.6 is 0 Å². The average molecular weight is 582 g/mol. The molecule has 1 unspecified atom stereocenters. The minimum Gasteiger partial charge on any atom is -0.457 e. The Kier molecular flexibility index (Phi) is 7.31. The third kappa shape index (κ3) is 5.53. The van der Waals surface area contributed by atoms with Crippen LogP contribution in [0.2, 0.25) is 0 Å². The van der Waals surface area contributed by atoms with Gasteiger partial charge in [-0.1, -0.05) is 78.9 Å². The van der Waals surface area contributed by atoms with Gasteiger partial charge in [-0.15, -0.1) is 0 Å². The molecule has 3 saturated carbocycles. The van der Waals surface area contributed by atoms with E-state index in [0.717, 1.165) is 5.56 Å². The van der Waals surface area contributed by atoms with E-state index in [1.807, 2.05) is 61.5 Å². The van der Waals surface area contributed by atoms with Gasteiger partial charge in [0.05, 0.1) is 5.41 Å². The molecule has 7 heteroatoms. The molecule has 7 rings (SSSR count). The Hall–Kier alpha value is -4.13. The number of carbonyl (C=O) groups is 3. The molecule has 7 nitrogen and oxygen atoms in total. The first-order valence-electron chi connectivity index (χ1n) is 15.1. The predicted molar refractivity (Wildman–Crippen MR) is 162 cm³/mol. The smallest absolute Gasteiger partial charge is 0.407 e. The van der Waals surface area contributed by atoms with E-state index in [4.69, 9.17) is 14.2 Å².